The van der Waals surface area contributed by atoms with E-state index >= 15 is 0 Å². The summed E-state index contributed by atoms with van der Waals surface area (Å²) < 4.78 is 25.4. The molecule has 1 amide bonds. The number of rotatable bonds is 6. The highest BCUT2D eigenvalue weighted by Gasteiger charge is 2.23. The standard InChI is InChI=1S/C17H24N4O3S/c1-3-19-10-12-20(13-11-19)17(22)8-9-21(25(2,23)24)16-6-4-15(14-18)5-7-16/h4-7H,3,8-13H2,1-2H3. The lowest BCUT2D eigenvalue weighted by molar-refractivity contribution is -0.132. The lowest BCUT2D eigenvalue weighted by Gasteiger charge is -2.34. The fourth-order valence-corrected chi connectivity index (χ4v) is 3.79. The normalized spacial score (nSPS) is 15.6. The van der Waals surface area contributed by atoms with Gasteiger partial charge in [-0.25, -0.2) is 8.42 Å². The molecule has 1 aromatic rings. The predicted molar refractivity (Wildman–Crippen MR) is 96.7 cm³/mol. The maximum absolute atomic E-state index is 12.4. The molecule has 0 atom stereocenters. The number of carbonyl (C=O) groups is 1. The minimum Gasteiger partial charge on any atom is -0.340 e. The van der Waals surface area contributed by atoms with Crippen molar-refractivity contribution in [3.05, 3.63) is 29.8 Å². The SMILES string of the molecule is CCN1CCN(C(=O)CCN(c2ccc(C#N)cc2)S(C)(=O)=O)CC1. The fourth-order valence-electron chi connectivity index (χ4n) is 2.86. The van der Waals surface area contributed by atoms with E-state index in [1.807, 2.05) is 6.07 Å². The van der Waals surface area contributed by atoms with Gasteiger partial charge in [-0.2, -0.15) is 5.26 Å². The Morgan fingerprint density at radius 2 is 1.80 bits per heavy atom. The molecule has 1 aliphatic heterocycles. The van der Waals surface area contributed by atoms with Crippen LogP contribution in [0.2, 0.25) is 0 Å². The third kappa shape index (κ3) is 5.18. The van der Waals surface area contributed by atoms with Crippen molar-refractivity contribution in [3.63, 3.8) is 0 Å². The molecular weight excluding hydrogens is 340 g/mol. The average molecular weight is 364 g/mol. The van der Waals surface area contributed by atoms with Crippen LogP contribution in [0.4, 0.5) is 5.69 Å². The van der Waals surface area contributed by atoms with Gasteiger partial charge >= 0.3 is 0 Å². The van der Waals surface area contributed by atoms with Crippen LogP contribution in [-0.4, -0.2) is 69.6 Å². The Labute approximate surface area is 149 Å². The first-order valence-electron chi connectivity index (χ1n) is 8.33. The second kappa shape index (κ2) is 8.32. The monoisotopic (exact) mass is 364 g/mol. The highest BCUT2D eigenvalue weighted by molar-refractivity contribution is 7.92. The lowest BCUT2D eigenvalue weighted by Crippen LogP contribution is -2.49. The highest BCUT2D eigenvalue weighted by Crippen LogP contribution is 2.19. The predicted octanol–water partition coefficient (Wildman–Crippen LogP) is 0.878. The van der Waals surface area contributed by atoms with E-state index in [-0.39, 0.29) is 18.9 Å². The van der Waals surface area contributed by atoms with Gasteiger partial charge in [0.05, 0.1) is 23.6 Å². The first-order valence-corrected chi connectivity index (χ1v) is 10.2. The van der Waals surface area contributed by atoms with E-state index in [0.29, 0.717) is 24.3 Å². The number of anilines is 1. The van der Waals surface area contributed by atoms with Gasteiger partial charge in [-0.1, -0.05) is 6.92 Å². The van der Waals surface area contributed by atoms with Crippen molar-refractivity contribution in [2.45, 2.75) is 13.3 Å². The van der Waals surface area contributed by atoms with E-state index in [0.717, 1.165) is 25.9 Å². The second-order valence-corrected chi connectivity index (χ2v) is 7.97. The Bertz CT molecular complexity index is 732. The number of amides is 1. The van der Waals surface area contributed by atoms with Crippen LogP contribution in [0.5, 0.6) is 0 Å². The van der Waals surface area contributed by atoms with E-state index in [1.165, 1.54) is 4.31 Å². The number of nitrogens with zero attached hydrogens (tertiary/aromatic N) is 4. The largest absolute Gasteiger partial charge is 0.340 e. The molecule has 0 unspecified atom stereocenters. The summed E-state index contributed by atoms with van der Waals surface area (Å²) in [4.78, 5) is 16.5. The van der Waals surface area contributed by atoms with Crippen molar-refractivity contribution in [2.24, 2.45) is 0 Å². The molecule has 0 bridgehead atoms. The van der Waals surface area contributed by atoms with Crippen LogP contribution < -0.4 is 4.31 Å². The summed E-state index contributed by atoms with van der Waals surface area (Å²) in [6.07, 6.45) is 1.26. The van der Waals surface area contributed by atoms with Gasteiger partial charge in [-0.05, 0) is 30.8 Å². The molecule has 0 radical (unpaired) electrons. The summed E-state index contributed by atoms with van der Waals surface area (Å²) in [7, 11) is -3.51. The molecule has 0 N–H and O–H groups in total. The maximum Gasteiger partial charge on any atom is 0.232 e. The van der Waals surface area contributed by atoms with Gasteiger partial charge in [0.25, 0.3) is 0 Å². The smallest absolute Gasteiger partial charge is 0.232 e. The Balaban J connectivity index is 2.01. The fraction of sp³-hybridized carbons (Fsp3) is 0.529. The summed E-state index contributed by atoms with van der Waals surface area (Å²) in [5.74, 6) is -0.0296. The number of sulfonamides is 1. The van der Waals surface area contributed by atoms with E-state index in [1.54, 1.807) is 29.2 Å². The number of benzene rings is 1. The van der Waals surface area contributed by atoms with Crippen LogP contribution >= 0.6 is 0 Å². The van der Waals surface area contributed by atoms with Crippen LogP contribution in [0.3, 0.4) is 0 Å². The number of likely N-dealkylation sites (N-methyl/N-ethyl adjacent to an activating group) is 1. The molecule has 1 fully saturated rings. The minimum absolute atomic E-state index is 0.0296. The Morgan fingerprint density at radius 1 is 1.20 bits per heavy atom. The van der Waals surface area contributed by atoms with E-state index in [4.69, 9.17) is 5.26 Å². The molecule has 25 heavy (non-hydrogen) atoms. The molecule has 136 valence electrons. The van der Waals surface area contributed by atoms with Gasteiger partial charge in [0.15, 0.2) is 0 Å². The quantitative estimate of drug-likeness (QED) is 0.748. The summed E-state index contributed by atoms with van der Waals surface area (Å²) in [5, 5.41) is 8.85. The van der Waals surface area contributed by atoms with Crippen LogP contribution in [-0.2, 0) is 14.8 Å². The van der Waals surface area contributed by atoms with Crippen LogP contribution in [0, 0.1) is 11.3 Å². The molecule has 1 heterocycles. The minimum atomic E-state index is -3.51. The first-order chi connectivity index (χ1) is 11.8. The number of nitriles is 1. The van der Waals surface area contributed by atoms with Crippen molar-refractivity contribution in [1.82, 2.24) is 9.80 Å². The molecule has 8 heteroatoms. The van der Waals surface area contributed by atoms with Crippen molar-refractivity contribution in [2.75, 3.05) is 49.8 Å². The van der Waals surface area contributed by atoms with Crippen molar-refractivity contribution in [3.8, 4) is 6.07 Å². The van der Waals surface area contributed by atoms with E-state index < -0.39 is 10.0 Å². The van der Waals surface area contributed by atoms with Gasteiger partial charge in [-0.3, -0.25) is 9.10 Å². The number of carbonyl (C=O) groups excluding carboxylic acids is 1. The summed E-state index contributed by atoms with van der Waals surface area (Å²) in [6, 6.07) is 8.31. The van der Waals surface area contributed by atoms with Gasteiger partial charge in [0.2, 0.25) is 15.9 Å². The van der Waals surface area contributed by atoms with Crippen LogP contribution in [0.15, 0.2) is 24.3 Å². The number of hydrogen-bond donors (Lipinski definition) is 0. The van der Waals surface area contributed by atoms with Crippen molar-refractivity contribution in [1.29, 1.82) is 5.26 Å². The zero-order valence-electron chi connectivity index (χ0n) is 14.7. The summed E-state index contributed by atoms with van der Waals surface area (Å²) >= 11 is 0. The van der Waals surface area contributed by atoms with Gasteiger partial charge < -0.3 is 9.80 Å². The molecule has 1 saturated heterocycles. The molecule has 1 aliphatic rings. The molecule has 0 spiro atoms. The summed E-state index contributed by atoms with van der Waals surface area (Å²) in [6.45, 7) is 6.24. The number of piperazine rings is 1. The Kier molecular flexibility index (Phi) is 6.39. The summed E-state index contributed by atoms with van der Waals surface area (Å²) in [5.41, 5.74) is 0.923. The van der Waals surface area contributed by atoms with E-state index in [2.05, 4.69) is 11.8 Å². The van der Waals surface area contributed by atoms with Crippen LogP contribution in [0.25, 0.3) is 0 Å². The highest BCUT2D eigenvalue weighted by atomic mass is 32.2. The van der Waals surface area contributed by atoms with Crippen molar-refractivity contribution < 1.29 is 13.2 Å². The topological polar surface area (TPSA) is 84.7 Å². The van der Waals surface area contributed by atoms with Crippen LogP contribution in [0.1, 0.15) is 18.9 Å². The molecule has 0 aliphatic carbocycles. The van der Waals surface area contributed by atoms with Gasteiger partial charge in [0.1, 0.15) is 0 Å². The molecule has 7 nitrogen and oxygen atoms in total. The van der Waals surface area contributed by atoms with Crippen molar-refractivity contribution >= 4 is 21.6 Å². The van der Waals surface area contributed by atoms with Gasteiger partial charge in [0, 0.05) is 39.1 Å². The zero-order chi connectivity index (χ0) is 18.4. The zero-order valence-corrected chi connectivity index (χ0v) is 15.5. The maximum atomic E-state index is 12.4. The Morgan fingerprint density at radius 3 is 2.28 bits per heavy atom. The number of hydrogen-bond acceptors (Lipinski definition) is 5. The third-order valence-electron chi connectivity index (χ3n) is 4.39. The molecule has 0 aromatic heterocycles. The first kappa shape index (κ1) is 19.2. The Hall–Kier alpha value is -2.11. The van der Waals surface area contributed by atoms with E-state index in [9.17, 15) is 13.2 Å². The van der Waals surface area contributed by atoms with Gasteiger partial charge in [-0.15, -0.1) is 0 Å². The third-order valence-corrected chi connectivity index (χ3v) is 5.58. The molecular formula is C17H24N4O3S. The molecule has 2 rings (SSSR count). The molecule has 0 saturated carbocycles. The lowest BCUT2D eigenvalue weighted by atomic mass is 10.2. The second-order valence-electron chi connectivity index (χ2n) is 6.06. The average Bonchev–Trinajstić information content (AvgIpc) is 2.61. The molecule has 1 aromatic carbocycles.